The molecule has 1 N–H and O–H groups in total. The van der Waals surface area contributed by atoms with E-state index in [-0.39, 0.29) is 17.4 Å². The van der Waals surface area contributed by atoms with Crippen LogP contribution in [0.5, 0.6) is 0 Å². The Balaban J connectivity index is 1.77. The first-order chi connectivity index (χ1) is 12.8. The first-order valence-electron chi connectivity index (χ1n) is 8.27. The molecule has 0 saturated heterocycles. The van der Waals surface area contributed by atoms with Gasteiger partial charge in [-0.25, -0.2) is 13.1 Å². The minimum atomic E-state index is -3.24. The highest BCUT2D eigenvalue weighted by atomic mass is 35.5. The predicted molar refractivity (Wildman–Crippen MR) is 104 cm³/mol. The van der Waals surface area contributed by atoms with E-state index < -0.39 is 9.84 Å². The average Bonchev–Trinajstić information content (AvgIpc) is 3.09. The third-order valence-electron chi connectivity index (χ3n) is 4.40. The summed E-state index contributed by atoms with van der Waals surface area (Å²) < 4.78 is 25.6. The first kappa shape index (κ1) is 17.8. The molecule has 0 spiro atoms. The largest absolute Gasteiger partial charge is 0.306 e. The Hall–Kier alpha value is -2.64. The second-order valence-corrected chi connectivity index (χ2v) is 9.02. The molecule has 0 aliphatic carbocycles. The number of amides is 1. The van der Waals surface area contributed by atoms with E-state index in [0.29, 0.717) is 33.3 Å². The van der Waals surface area contributed by atoms with Crippen LogP contribution < -0.4 is 5.32 Å². The number of sulfone groups is 1. The van der Waals surface area contributed by atoms with Gasteiger partial charge in [-0.15, -0.1) is 0 Å². The van der Waals surface area contributed by atoms with Gasteiger partial charge in [0, 0.05) is 16.1 Å². The number of rotatable bonds is 3. The maximum absolute atomic E-state index is 12.7. The van der Waals surface area contributed by atoms with Crippen molar-refractivity contribution in [2.75, 3.05) is 5.32 Å². The van der Waals surface area contributed by atoms with Crippen LogP contribution in [0.3, 0.4) is 0 Å². The summed E-state index contributed by atoms with van der Waals surface area (Å²) in [5.74, 6) is -0.216. The molecule has 27 heavy (non-hydrogen) atoms. The molecule has 1 aromatic heterocycles. The minimum Gasteiger partial charge on any atom is -0.306 e. The number of aromatic nitrogens is 2. The molecule has 2 aromatic carbocycles. The minimum absolute atomic E-state index is 0.129. The Labute approximate surface area is 161 Å². The lowest BCUT2D eigenvalue weighted by atomic mass is 10.1. The lowest BCUT2D eigenvalue weighted by Crippen LogP contribution is -2.17. The van der Waals surface area contributed by atoms with Gasteiger partial charge in [0.25, 0.3) is 5.91 Å². The Morgan fingerprint density at radius 1 is 1.07 bits per heavy atom. The summed E-state index contributed by atoms with van der Waals surface area (Å²) in [5.41, 5.74) is 3.21. The van der Waals surface area contributed by atoms with Gasteiger partial charge in [-0.2, -0.15) is 5.10 Å². The SMILES string of the molecule is Cc1ccc(C(=O)Nc2c3c(nn2-c2ccc(Cl)cc2)CS(=O)(=O)C3)cc1. The predicted octanol–water partition coefficient (Wildman–Crippen LogP) is 3.51. The van der Waals surface area contributed by atoms with E-state index in [1.165, 1.54) is 0 Å². The molecule has 0 fully saturated rings. The summed E-state index contributed by atoms with van der Waals surface area (Å²) in [5, 5.41) is 7.84. The molecule has 1 aliphatic rings. The second kappa shape index (κ2) is 6.51. The molecule has 1 aliphatic heterocycles. The van der Waals surface area contributed by atoms with Crippen molar-refractivity contribution in [2.24, 2.45) is 0 Å². The van der Waals surface area contributed by atoms with Crippen molar-refractivity contribution in [1.82, 2.24) is 9.78 Å². The number of carbonyl (C=O) groups is 1. The van der Waals surface area contributed by atoms with E-state index in [4.69, 9.17) is 11.6 Å². The highest BCUT2D eigenvalue weighted by molar-refractivity contribution is 7.90. The molecular weight excluding hydrogens is 386 g/mol. The van der Waals surface area contributed by atoms with Crippen LogP contribution in [-0.4, -0.2) is 24.1 Å². The van der Waals surface area contributed by atoms with Crippen molar-refractivity contribution >= 4 is 33.2 Å². The van der Waals surface area contributed by atoms with E-state index >= 15 is 0 Å². The zero-order valence-electron chi connectivity index (χ0n) is 14.4. The summed E-state index contributed by atoms with van der Waals surface area (Å²) in [4.78, 5) is 12.7. The summed E-state index contributed by atoms with van der Waals surface area (Å²) in [6, 6.07) is 14.1. The fourth-order valence-electron chi connectivity index (χ4n) is 3.02. The number of anilines is 1. The number of nitrogens with zero attached hydrogens (tertiary/aromatic N) is 2. The Bertz CT molecular complexity index is 1130. The van der Waals surface area contributed by atoms with Crippen molar-refractivity contribution in [3.8, 4) is 5.69 Å². The van der Waals surface area contributed by atoms with Crippen LogP contribution in [0.1, 0.15) is 27.2 Å². The van der Waals surface area contributed by atoms with Gasteiger partial charge >= 0.3 is 0 Å². The number of fused-ring (bicyclic) bond motifs is 1. The normalized spacial score (nSPS) is 14.7. The van der Waals surface area contributed by atoms with Crippen molar-refractivity contribution in [3.63, 3.8) is 0 Å². The van der Waals surface area contributed by atoms with Gasteiger partial charge in [0.2, 0.25) is 0 Å². The van der Waals surface area contributed by atoms with Gasteiger partial charge in [-0.05, 0) is 43.3 Å². The molecule has 4 rings (SSSR count). The fourth-order valence-corrected chi connectivity index (χ4v) is 4.64. The summed E-state index contributed by atoms with van der Waals surface area (Å²) in [7, 11) is -3.24. The zero-order chi connectivity index (χ0) is 19.2. The summed E-state index contributed by atoms with van der Waals surface area (Å²) >= 11 is 5.95. The summed E-state index contributed by atoms with van der Waals surface area (Å²) in [6.07, 6.45) is 0. The van der Waals surface area contributed by atoms with E-state index in [1.54, 1.807) is 41.1 Å². The Morgan fingerprint density at radius 3 is 2.41 bits per heavy atom. The van der Waals surface area contributed by atoms with Crippen molar-refractivity contribution in [2.45, 2.75) is 18.4 Å². The molecule has 0 atom stereocenters. The van der Waals surface area contributed by atoms with Crippen LogP contribution in [-0.2, 0) is 21.3 Å². The molecule has 3 aromatic rings. The van der Waals surface area contributed by atoms with Crippen LogP contribution in [0.25, 0.3) is 5.69 Å². The standard InChI is InChI=1S/C19H16ClN3O3S/c1-12-2-4-13(5-3-12)19(24)21-18-16-10-27(25,26)11-17(16)22-23(18)15-8-6-14(20)7-9-15/h2-9H,10-11H2,1H3,(H,21,24). The zero-order valence-corrected chi connectivity index (χ0v) is 16.0. The van der Waals surface area contributed by atoms with E-state index in [2.05, 4.69) is 10.4 Å². The molecule has 0 bridgehead atoms. The lowest BCUT2D eigenvalue weighted by Gasteiger charge is -2.11. The van der Waals surface area contributed by atoms with Gasteiger partial charge in [-0.3, -0.25) is 4.79 Å². The number of aryl methyl sites for hydroxylation is 1. The van der Waals surface area contributed by atoms with Crippen LogP contribution in [0.2, 0.25) is 5.02 Å². The third kappa shape index (κ3) is 3.48. The summed E-state index contributed by atoms with van der Waals surface area (Å²) in [6.45, 7) is 1.94. The van der Waals surface area contributed by atoms with Gasteiger partial charge in [0.05, 0.1) is 22.9 Å². The molecule has 8 heteroatoms. The molecule has 0 radical (unpaired) electrons. The average molecular weight is 402 g/mol. The molecule has 1 amide bonds. The Kier molecular flexibility index (Phi) is 4.28. The quantitative estimate of drug-likeness (QED) is 0.728. The maximum atomic E-state index is 12.7. The van der Waals surface area contributed by atoms with Crippen molar-refractivity contribution in [1.29, 1.82) is 0 Å². The first-order valence-corrected chi connectivity index (χ1v) is 10.5. The van der Waals surface area contributed by atoms with Crippen LogP contribution >= 0.6 is 11.6 Å². The van der Waals surface area contributed by atoms with Crippen LogP contribution in [0, 0.1) is 6.92 Å². The van der Waals surface area contributed by atoms with Gasteiger partial charge in [0.15, 0.2) is 9.84 Å². The molecule has 2 heterocycles. The van der Waals surface area contributed by atoms with E-state index in [1.807, 2.05) is 19.1 Å². The smallest absolute Gasteiger partial charge is 0.256 e. The van der Waals surface area contributed by atoms with E-state index in [9.17, 15) is 13.2 Å². The highest BCUT2D eigenvalue weighted by Gasteiger charge is 2.33. The number of hydrogen-bond acceptors (Lipinski definition) is 4. The number of benzene rings is 2. The van der Waals surface area contributed by atoms with Crippen LogP contribution in [0.4, 0.5) is 5.82 Å². The number of nitrogens with one attached hydrogen (secondary N) is 1. The Morgan fingerprint density at radius 2 is 1.74 bits per heavy atom. The van der Waals surface area contributed by atoms with Gasteiger partial charge < -0.3 is 5.32 Å². The fraction of sp³-hybridized carbons (Fsp3) is 0.158. The van der Waals surface area contributed by atoms with E-state index in [0.717, 1.165) is 5.56 Å². The molecule has 6 nitrogen and oxygen atoms in total. The second-order valence-electron chi connectivity index (χ2n) is 6.51. The number of halogens is 1. The maximum Gasteiger partial charge on any atom is 0.256 e. The molecular formula is C19H16ClN3O3S. The third-order valence-corrected chi connectivity index (χ3v) is 6.10. The molecule has 138 valence electrons. The number of carbonyl (C=O) groups excluding carboxylic acids is 1. The highest BCUT2D eigenvalue weighted by Crippen LogP contribution is 2.33. The van der Waals surface area contributed by atoms with Crippen LogP contribution in [0.15, 0.2) is 48.5 Å². The number of hydrogen-bond donors (Lipinski definition) is 1. The topological polar surface area (TPSA) is 81.1 Å². The monoisotopic (exact) mass is 401 g/mol. The van der Waals surface area contributed by atoms with Crippen molar-refractivity contribution in [3.05, 3.63) is 75.9 Å². The van der Waals surface area contributed by atoms with Gasteiger partial charge in [-0.1, -0.05) is 29.3 Å². The molecule has 0 unspecified atom stereocenters. The lowest BCUT2D eigenvalue weighted by molar-refractivity contribution is 0.102. The molecule has 0 saturated carbocycles. The van der Waals surface area contributed by atoms with Crippen molar-refractivity contribution < 1.29 is 13.2 Å². The van der Waals surface area contributed by atoms with Gasteiger partial charge in [0.1, 0.15) is 5.82 Å².